The highest BCUT2D eigenvalue weighted by Gasteiger charge is 2.45. The first-order valence-corrected chi connectivity index (χ1v) is 7.36. The van der Waals surface area contributed by atoms with E-state index in [1.54, 1.807) is 0 Å². The van der Waals surface area contributed by atoms with Crippen molar-refractivity contribution >= 4 is 15.7 Å². The molecule has 1 aromatic rings. The van der Waals surface area contributed by atoms with Crippen molar-refractivity contribution < 1.29 is 17.2 Å². The molecule has 0 saturated heterocycles. The highest BCUT2D eigenvalue weighted by Crippen LogP contribution is 2.51. The second-order valence-electron chi connectivity index (χ2n) is 5.55. The van der Waals surface area contributed by atoms with Crippen LogP contribution >= 0.6 is 0 Å². The number of sulfonamides is 1. The molecule has 0 spiro atoms. The lowest BCUT2D eigenvalue weighted by Crippen LogP contribution is -2.27. The molecule has 0 bridgehead atoms. The zero-order chi connectivity index (χ0) is 14.4. The quantitative estimate of drug-likeness (QED) is 0.832. The van der Waals surface area contributed by atoms with E-state index in [4.69, 9.17) is 5.73 Å². The topological polar surface area (TPSA) is 72.2 Å². The van der Waals surface area contributed by atoms with Crippen molar-refractivity contribution in [1.82, 2.24) is 4.72 Å². The minimum atomic E-state index is -4.01. The first kappa shape index (κ1) is 14.2. The van der Waals surface area contributed by atoms with Gasteiger partial charge in [-0.05, 0) is 23.8 Å². The monoisotopic (exact) mass is 290 g/mol. The van der Waals surface area contributed by atoms with E-state index < -0.39 is 32.2 Å². The van der Waals surface area contributed by atoms with Crippen molar-refractivity contribution in [3.63, 3.8) is 0 Å². The van der Waals surface area contributed by atoms with Gasteiger partial charge in [0.15, 0.2) is 0 Å². The Morgan fingerprint density at radius 2 is 1.95 bits per heavy atom. The van der Waals surface area contributed by atoms with Gasteiger partial charge >= 0.3 is 0 Å². The number of hydrogen-bond donors (Lipinski definition) is 2. The highest BCUT2D eigenvalue weighted by atomic mass is 32.2. The molecule has 0 aromatic heterocycles. The molecule has 106 valence electrons. The lowest BCUT2D eigenvalue weighted by Gasteiger charge is -2.09. The third kappa shape index (κ3) is 2.87. The largest absolute Gasteiger partial charge is 0.396 e. The Hall–Kier alpha value is -1.21. The summed E-state index contributed by atoms with van der Waals surface area (Å²) in [6.07, 6.45) is 0.920. The van der Waals surface area contributed by atoms with Gasteiger partial charge in [0.1, 0.15) is 16.5 Å². The van der Waals surface area contributed by atoms with Crippen molar-refractivity contribution in [3.05, 3.63) is 23.8 Å². The molecule has 7 heteroatoms. The number of nitrogen functional groups attached to an aromatic ring is 1. The van der Waals surface area contributed by atoms with E-state index in [-0.39, 0.29) is 17.9 Å². The summed E-state index contributed by atoms with van der Waals surface area (Å²) in [5.74, 6) is -1.88. The highest BCUT2D eigenvalue weighted by molar-refractivity contribution is 7.89. The molecule has 1 aromatic carbocycles. The van der Waals surface area contributed by atoms with E-state index in [0.717, 1.165) is 12.5 Å². The number of anilines is 1. The molecule has 1 atom stereocenters. The standard InChI is InChI=1S/C12H16F2N2O2S/c1-12(2)5-7(12)6-16-19(17,18)11-4-10(15)8(13)3-9(11)14/h3-4,7,16H,5-6,15H2,1-2H3. The zero-order valence-corrected chi connectivity index (χ0v) is 11.5. The lowest BCUT2D eigenvalue weighted by molar-refractivity contribution is 0.527. The number of halogens is 2. The van der Waals surface area contributed by atoms with Gasteiger partial charge in [-0.3, -0.25) is 0 Å². The van der Waals surface area contributed by atoms with Crippen LogP contribution in [-0.2, 0) is 10.0 Å². The average Bonchev–Trinajstić information content (AvgIpc) is 2.89. The van der Waals surface area contributed by atoms with Crippen LogP contribution in [0.2, 0.25) is 0 Å². The summed E-state index contributed by atoms with van der Waals surface area (Å²) in [7, 11) is -4.01. The smallest absolute Gasteiger partial charge is 0.243 e. The predicted octanol–water partition coefficient (Wildman–Crippen LogP) is 1.87. The molecule has 4 nitrogen and oxygen atoms in total. The Labute approximate surface area is 111 Å². The molecular formula is C12H16F2N2O2S. The number of nitrogens with one attached hydrogen (secondary N) is 1. The summed E-state index contributed by atoms with van der Waals surface area (Å²) in [6.45, 7) is 4.30. The summed E-state index contributed by atoms with van der Waals surface area (Å²) in [4.78, 5) is -0.621. The third-order valence-corrected chi connectivity index (χ3v) is 5.02. The van der Waals surface area contributed by atoms with Crippen LogP contribution in [0.1, 0.15) is 20.3 Å². The van der Waals surface area contributed by atoms with Gasteiger partial charge in [-0.25, -0.2) is 21.9 Å². The fourth-order valence-electron chi connectivity index (χ4n) is 1.96. The minimum absolute atomic E-state index is 0.114. The molecule has 1 unspecified atom stereocenters. The Morgan fingerprint density at radius 1 is 1.37 bits per heavy atom. The van der Waals surface area contributed by atoms with Gasteiger partial charge in [0, 0.05) is 12.6 Å². The first-order valence-electron chi connectivity index (χ1n) is 5.88. The molecule has 2 rings (SSSR count). The predicted molar refractivity (Wildman–Crippen MR) is 67.8 cm³/mol. The Kier molecular flexibility index (Phi) is 3.30. The number of rotatable bonds is 4. The third-order valence-electron chi connectivity index (χ3n) is 3.58. The molecule has 1 aliphatic carbocycles. The van der Waals surface area contributed by atoms with Crippen molar-refractivity contribution in [2.45, 2.75) is 25.2 Å². The SMILES string of the molecule is CC1(C)CC1CNS(=O)(=O)c1cc(N)c(F)cc1F. The second-order valence-corrected chi connectivity index (χ2v) is 7.28. The first-order chi connectivity index (χ1) is 8.63. The van der Waals surface area contributed by atoms with Gasteiger partial charge < -0.3 is 5.73 Å². The van der Waals surface area contributed by atoms with E-state index >= 15 is 0 Å². The van der Waals surface area contributed by atoms with Gasteiger partial charge in [-0.15, -0.1) is 0 Å². The van der Waals surface area contributed by atoms with E-state index in [2.05, 4.69) is 4.72 Å². The zero-order valence-electron chi connectivity index (χ0n) is 10.7. The van der Waals surface area contributed by atoms with Crippen LogP contribution in [0.25, 0.3) is 0 Å². The molecule has 1 fully saturated rings. The summed E-state index contributed by atoms with van der Waals surface area (Å²) >= 11 is 0. The maximum absolute atomic E-state index is 13.5. The fourth-order valence-corrected chi connectivity index (χ4v) is 3.14. The van der Waals surface area contributed by atoms with Crippen LogP contribution in [0.5, 0.6) is 0 Å². The van der Waals surface area contributed by atoms with Gasteiger partial charge in [0.2, 0.25) is 10.0 Å². The van der Waals surface area contributed by atoms with Gasteiger partial charge in [0.25, 0.3) is 0 Å². The lowest BCUT2D eigenvalue weighted by atomic mass is 10.1. The van der Waals surface area contributed by atoms with Crippen LogP contribution in [0, 0.1) is 23.0 Å². The maximum atomic E-state index is 13.5. The van der Waals surface area contributed by atoms with Crippen LogP contribution in [0.15, 0.2) is 17.0 Å². The molecule has 0 aliphatic heterocycles. The molecule has 1 aliphatic rings. The summed E-state index contributed by atoms with van der Waals surface area (Å²) in [6, 6.07) is 1.27. The summed E-state index contributed by atoms with van der Waals surface area (Å²) in [5, 5.41) is 0. The Morgan fingerprint density at radius 3 is 2.47 bits per heavy atom. The van der Waals surface area contributed by atoms with Crippen molar-refractivity contribution in [2.75, 3.05) is 12.3 Å². The van der Waals surface area contributed by atoms with Crippen molar-refractivity contribution in [1.29, 1.82) is 0 Å². The fraction of sp³-hybridized carbons (Fsp3) is 0.500. The van der Waals surface area contributed by atoms with Gasteiger partial charge in [-0.2, -0.15) is 0 Å². The number of hydrogen-bond acceptors (Lipinski definition) is 3. The normalized spacial score (nSPS) is 21.4. The number of benzene rings is 1. The van der Waals surface area contributed by atoms with Crippen molar-refractivity contribution in [3.8, 4) is 0 Å². The molecular weight excluding hydrogens is 274 g/mol. The molecule has 3 N–H and O–H groups in total. The van der Waals surface area contributed by atoms with Crippen LogP contribution in [-0.4, -0.2) is 15.0 Å². The molecule has 0 heterocycles. The summed E-state index contributed by atoms with van der Waals surface area (Å²) < 4.78 is 52.7. The number of nitrogens with two attached hydrogens (primary N) is 1. The van der Waals surface area contributed by atoms with Crippen molar-refractivity contribution in [2.24, 2.45) is 11.3 Å². The van der Waals surface area contributed by atoms with E-state index in [9.17, 15) is 17.2 Å². The van der Waals surface area contributed by atoms with E-state index in [1.165, 1.54) is 0 Å². The Bertz CT molecular complexity index is 614. The summed E-state index contributed by atoms with van der Waals surface area (Å²) in [5.41, 5.74) is 4.98. The van der Waals surface area contributed by atoms with E-state index in [0.29, 0.717) is 6.07 Å². The molecule has 19 heavy (non-hydrogen) atoms. The van der Waals surface area contributed by atoms with Gasteiger partial charge in [-0.1, -0.05) is 13.8 Å². The maximum Gasteiger partial charge on any atom is 0.243 e. The Balaban J connectivity index is 2.18. The van der Waals surface area contributed by atoms with Crippen LogP contribution < -0.4 is 10.5 Å². The molecule has 1 saturated carbocycles. The van der Waals surface area contributed by atoms with Crippen LogP contribution in [0.4, 0.5) is 14.5 Å². The average molecular weight is 290 g/mol. The van der Waals surface area contributed by atoms with Gasteiger partial charge in [0.05, 0.1) is 5.69 Å². The molecule has 0 amide bonds. The second kappa shape index (κ2) is 4.42. The molecule has 0 radical (unpaired) electrons. The van der Waals surface area contributed by atoms with E-state index in [1.807, 2.05) is 13.8 Å². The van der Waals surface area contributed by atoms with Crippen LogP contribution in [0.3, 0.4) is 0 Å². The minimum Gasteiger partial charge on any atom is -0.396 e.